The monoisotopic (exact) mass is 533 g/mol. The molecule has 2 aromatic carbocycles. The van der Waals surface area contributed by atoms with Crippen molar-refractivity contribution < 1.29 is 14.6 Å². The summed E-state index contributed by atoms with van der Waals surface area (Å²) in [7, 11) is 0. The van der Waals surface area contributed by atoms with Gasteiger partial charge in [0.15, 0.2) is 0 Å². The summed E-state index contributed by atoms with van der Waals surface area (Å²) in [4.78, 5) is 15.7. The van der Waals surface area contributed by atoms with Gasteiger partial charge in [-0.25, -0.2) is 0 Å². The number of aromatic nitrogens is 1. The first-order valence-electron chi connectivity index (χ1n) is 12.7. The summed E-state index contributed by atoms with van der Waals surface area (Å²) in [5.74, 6) is 2.72. The van der Waals surface area contributed by atoms with Crippen LogP contribution in [0.3, 0.4) is 0 Å². The number of benzene rings is 2. The molecule has 180 valence electrons. The molecule has 0 atom stereocenters. The van der Waals surface area contributed by atoms with Crippen molar-refractivity contribution in [1.82, 2.24) is 4.98 Å². The maximum atomic E-state index is 11.2. The van der Waals surface area contributed by atoms with Gasteiger partial charge in [0.25, 0.3) is 0 Å². The van der Waals surface area contributed by atoms with Crippen LogP contribution in [0.2, 0.25) is 0 Å². The van der Waals surface area contributed by atoms with Gasteiger partial charge in [0.2, 0.25) is 0 Å². The van der Waals surface area contributed by atoms with Crippen molar-refractivity contribution in [1.29, 1.82) is 0 Å². The number of aryl methyl sites for hydroxylation is 1. The average Bonchev–Trinajstić information content (AvgIpc) is 2.84. The molecular formula is C30H31NO3Se. The molecule has 4 aliphatic carbocycles. The Labute approximate surface area is 213 Å². The summed E-state index contributed by atoms with van der Waals surface area (Å²) >= 11 is 0.0100. The van der Waals surface area contributed by atoms with Crippen molar-refractivity contribution in [2.75, 3.05) is 0 Å². The Morgan fingerprint density at radius 1 is 1.03 bits per heavy atom. The van der Waals surface area contributed by atoms with Crippen molar-refractivity contribution in [3.05, 3.63) is 83.0 Å². The molecule has 4 nitrogen and oxygen atoms in total. The van der Waals surface area contributed by atoms with Crippen molar-refractivity contribution in [2.24, 2.45) is 17.8 Å². The Kier molecular flexibility index (Phi) is 5.94. The number of hydrogen-bond donors (Lipinski definition) is 1. The van der Waals surface area contributed by atoms with Crippen LogP contribution in [-0.2, 0) is 12.0 Å². The molecule has 0 unspecified atom stereocenters. The first-order chi connectivity index (χ1) is 17.0. The summed E-state index contributed by atoms with van der Waals surface area (Å²) in [6.07, 6.45) is 9.61. The molecule has 4 aliphatic rings. The van der Waals surface area contributed by atoms with Gasteiger partial charge in [-0.2, -0.15) is 0 Å². The molecular weight excluding hydrogens is 501 g/mol. The standard InChI is InChI=1S/C30H31NO3Se/c1-19-9-26(34-18-20-5-3-2-4-6-20)25(30-14-21-10-22(15-30)12-23(11-21)16-30)13-27(19)35-28-8-7-24(17-31-28)29(32)33/h2-9,13,17,21-23H,10-12,14-16,18H2,1H3,(H,32,33). The van der Waals surface area contributed by atoms with Gasteiger partial charge in [0.1, 0.15) is 0 Å². The van der Waals surface area contributed by atoms with Crippen molar-refractivity contribution >= 4 is 30.0 Å². The molecule has 0 radical (unpaired) electrons. The third kappa shape index (κ3) is 4.52. The van der Waals surface area contributed by atoms with E-state index in [0.29, 0.717) is 6.61 Å². The van der Waals surface area contributed by atoms with Crippen molar-refractivity contribution in [2.45, 2.75) is 57.5 Å². The number of carboxylic acids is 1. The Bertz CT molecular complexity index is 1200. The first-order valence-corrected chi connectivity index (χ1v) is 14.4. The number of hydrogen-bond acceptors (Lipinski definition) is 3. The van der Waals surface area contributed by atoms with E-state index in [1.807, 2.05) is 12.1 Å². The third-order valence-electron chi connectivity index (χ3n) is 8.32. The third-order valence-corrected chi connectivity index (χ3v) is 10.7. The van der Waals surface area contributed by atoms with Crippen LogP contribution >= 0.6 is 0 Å². The first kappa shape index (κ1) is 22.8. The quantitative estimate of drug-likeness (QED) is 0.445. The zero-order chi connectivity index (χ0) is 24.0. The molecule has 35 heavy (non-hydrogen) atoms. The van der Waals surface area contributed by atoms with Crippen LogP contribution in [0.1, 0.15) is 65.6 Å². The van der Waals surface area contributed by atoms with Gasteiger partial charge in [0.05, 0.1) is 0 Å². The summed E-state index contributed by atoms with van der Waals surface area (Å²) in [5.41, 5.74) is 4.31. The maximum absolute atomic E-state index is 11.2. The van der Waals surface area contributed by atoms with E-state index < -0.39 is 5.97 Å². The second-order valence-electron chi connectivity index (χ2n) is 10.9. The molecule has 0 spiro atoms. The van der Waals surface area contributed by atoms with E-state index in [4.69, 9.17) is 4.74 Å². The fourth-order valence-electron chi connectivity index (χ4n) is 7.16. The number of carbonyl (C=O) groups is 1. The van der Waals surface area contributed by atoms with Crippen LogP contribution < -0.4 is 13.8 Å². The number of rotatable bonds is 7. The molecule has 0 saturated heterocycles. The normalized spacial score (nSPS) is 26.6. The topological polar surface area (TPSA) is 59.4 Å². The van der Waals surface area contributed by atoms with Crippen molar-refractivity contribution in [3.8, 4) is 5.75 Å². The molecule has 4 fully saturated rings. The van der Waals surface area contributed by atoms with Crippen molar-refractivity contribution in [3.63, 3.8) is 0 Å². The van der Waals surface area contributed by atoms with Crippen LogP contribution in [-0.4, -0.2) is 31.0 Å². The Balaban J connectivity index is 1.36. The molecule has 7 rings (SSSR count). The predicted octanol–water partition coefficient (Wildman–Crippen LogP) is 4.79. The minimum absolute atomic E-state index is 0.0100. The van der Waals surface area contributed by atoms with E-state index in [1.54, 1.807) is 6.07 Å². The predicted molar refractivity (Wildman–Crippen MR) is 138 cm³/mol. The second-order valence-corrected chi connectivity index (χ2v) is 13.1. The van der Waals surface area contributed by atoms with Crippen LogP contribution in [0.25, 0.3) is 0 Å². The summed E-state index contributed by atoms with van der Waals surface area (Å²) in [6, 6.07) is 18.7. The van der Waals surface area contributed by atoms with E-state index in [1.165, 1.54) is 65.9 Å². The molecule has 4 saturated carbocycles. The number of carboxylic acid groups (broad SMARTS) is 1. The van der Waals surface area contributed by atoms with Gasteiger partial charge in [0, 0.05) is 0 Å². The molecule has 0 aliphatic heterocycles. The fourth-order valence-corrected chi connectivity index (χ4v) is 8.97. The molecule has 1 aromatic heterocycles. The number of aromatic carboxylic acids is 1. The van der Waals surface area contributed by atoms with Crippen LogP contribution in [0, 0.1) is 24.7 Å². The molecule has 0 amide bonds. The van der Waals surface area contributed by atoms with Gasteiger partial charge < -0.3 is 0 Å². The zero-order valence-electron chi connectivity index (χ0n) is 20.1. The number of nitrogens with zero attached hydrogens (tertiary/aromatic N) is 1. The summed E-state index contributed by atoms with van der Waals surface area (Å²) < 4.78 is 8.85. The Morgan fingerprint density at radius 3 is 2.31 bits per heavy atom. The van der Waals surface area contributed by atoms with Gasteiger partial charge in [-0.1, -0.05) is 0 Å². The summed E-state index contributed by atoms with van der Waals surface area (Å²) in [6.45, 7) is 2.75. The fraction of sp³-hybridized carbons (Fsp3) is 0.400. The Morgan fingerprint density at radius 2 is 1.71 bits per heavy atom. The molecule has 5 heteroatoms. The second kappa shape index (κ2) is 9.11. The molecule has 1 heterocycles. The molecule has 4 bridgehead atoms. The Hall–Kier alpha value is -2.62. The van der Waals surface area contributed by atoms with Gasteiger partial charge in [-0.05, 0) is 0 Å². The molecule has 1 N–H and O–H groups in total. The van der Waals surface area contributed by atoms with E-state index in [9.17, 15) is 9.90 Å². The van der Waals surface area contributed by atoms with Gasteiger partial charge >= 0.3 is 214 Å². The zero-order valence-corrected chi connectivity index (χ0v) is 21.8. The van der Waals surface area contributed by atoms with Gasteiger partial charge in [-0.15, -0.1) is 0 Å². The SMILES string of the molecule is Cc1cc(OCc2ccccc2)c(C23CC4CC(CC(C4)C2)C3)cc1[Se]c1ccc(C(=O)O)cn1. The van der Waals surface area contributed by atoms with E-state index >= 15 is 0 Å². The van der Waals surface area contributed by atoms with Crippen LogP contribution in [0.4, 0.5) is 0 Å². The van der Waals surface area contributed by atoms with Crippen LogP contribution in [0.5, 0.6) is 5.75 Å². The average molecular weight is 533 g/mol. The number of ether oxygens (including phenoxy) is 1. The van der Waals surface area contributed by atoms with E-state index in [-0.39, 0.29) is 25.9 Å². The molecule has 3 aromatic rings. The van der Waals surface area contributed by atoms with Gasteiger partial charge in [-0.3, -0.25) is 0 Å². The number of pyridine rings is 1. The minimum atomic E-state index is -0.934. The van der Waals surface area contributed by atoms with Crippen LogP contribution in [0.15, 0.2) is 60.8 Å². The van der Waals surface area contributed by atoms with E-state index in [2.05, 4.69) is 48.3 Å². The van der Waals surface area contributed by atoms with E-state index in [0.717, 1.165) is 28.1 Å². The summed E-state index contributed by atoms with van der Waals surface area (Å²) in [5, 5.41) is 9.21.